The molecule has 2 aromatic heterocycles. The molecule has 0 fully saturated rings. The van der Waals surface area contributed by atoms with Crippen molar-refractivity contribution in [3.63, 3.8) is 0 Å². The first kappa shape index (κ1) is 22.6. The van der Waals surface area contributed by atoms with Crippen LogP contribution >= 0.6 is 0 Å². The largest absolute Gasteiger partial charge is 0.505 e. The van der Waals surface area contributed by atoms with Gasteiger partial charge >= 0.3 is 0 Å². The van der Waals surface area contributed by atoms with E-state index in [1.165, 1.54) is 10.9 Å². The van der Waals surface area contributed by atoms with E-state index in [0.29, 0.717) is 22.4 Å². The molecule has 2 heterocycles. The molecule has 10 heteroatoms. The number of azo groups is 1. The summed E-state index contributed by atoms with van der Waals surface area (Å²) in [6.07, 6.45) is 1.36. The molecule has 1 amide bonds. The molecular formula is C28H18N8O2. The van der Waals surface area contributed by atoms with Gasteiger partial charge in [0, 0.05) is 11.1 Å². The number of anilines is 1. The zero-order chi connectivity index (χ0) is 26.1. The summed E-state index contributed by atoms with van der Waals surface area (Å²) in [5, 5.41) is 37.7. The molecule has 0 saturated heterocycles. The molecular weight excluding hydrogens is 480 g/mol. The molecule has 0 atom stereocenters. The average Bonchev–Trinajstić information content (AvgIpc) is 3.56. The maximum atomic E-state index is 13.1. The molecule has 6 aromatic rings. The number of phenols is 1. The normalized spacial score (nSPS) is 11.2. The number of phenolic OH excluding ortho intramolecular Hbond substituents is 1. The van der Waals surface area contributed by atoms with E-state index in [4.69, 9.17) is 0 Å². The first-order chi connectivity index (χ1) is 18.6. The molecule has 0 aliphatic carbocycles. The number of imidazole rings is 1. The van der Waals surface area contributed by atoms with E-state index < -0.39 is 5.91 Å². The van der Waals surface area contributed by atoms with Crippen molar-refractivity contribution in [2.75, 3.05) is 5.32 Å². The van der Waals surface area contributed by atoms with Crippen molar-refractivity contribution in [2.24, 2.45) is 10.2 Å². The lowest BCUT2D eigenvalue weighted by Gasteiger charge is -2.11. The van der Waals surface area contributed by atoms with Crippen LogP contribution in [-0.4, -0.2) is 30.8 Å². The van der Waals surface area contributed by atoms with Gasteiger partial charge in [-0.05, 0) is 35.7 Å². The fraction of sp³-hybridized carbons (Fsp3) is 0. The Balaban J connectivity index is 1.45. The van der Waals surface area contributed by atoms with Crippen molar-refractivity contribution in [3.8, 4) is 17.8 Å². The molecule has 0 bridgehead atoms. The number of hydrogen-bond acceptors (Lipinski definition) is 7. The Morgan fingerprint density at radius 3 is 2.58 bits per heavy atom. The second-order valence-electron chi connectivity index (χ2n) is 8.35. The summed E-state index contributed by atoms with van der Waals surface area (Å²) in [5.74, 6) is -0.365. The molecule has 4 aromatic carbocycles. The second-order valence-corrected chi connectivity index (χ2v) is 8.35. The van der Waals surface area contributed by atoms with E-state index in [2.05, 4.69) is 36.7 Å². The number of amides is 1. The fourth-order valence-electron chi connectivity index (χ4n) is 4.12. The number of hydrogen-bond donors (Lipinski definition) is 3. The number of carbonyl (C=O) groups is 1. The molecule has 0 spiro atoms. The standard InChI is InChI=1S/C28H18N8O2/c29-15-18-16-30-36(28-32-22-12-6-7-13-23(22)33-28)26(18)35-34-24-20-11-5-4-8-17(20)14-21(25(24)37)27(38)31-19-9-2-1-3-10-19/h1-14,16,37H,(H,31,38)(H,32,33)/b35-34+. The van der Waals surface area contributed by atoms with Crippen LogP contribution in [0.15, 0.2) is 101 Å². The third-order valence-corrected chi connectivity index (χ3v) is 5.96. The summed E-state index contributed by atoms with van der Waals surface area (Å²) in [5.41, 5.74) is 2.38. The zero-order valence-corrected chi connectivity index (χ0v) is 19.7. The van der Waals surface area contributed by atoms with Gasteiger partial charge in [-0.15, -0.1) is 10.2 Å². The van der Waals surface area contributed by atoms with E-state index in [1.807, 2.05) is 42.5 Å². The van der Waals surface area contributed by atoms with Crippen LogP contribution in [0.3, 0.4) is 0 Å². The van der Waals surface area contributed by atoms with Crippen molar-refractivity contribution in [2.45, 2.75) is 0 Å². The van der Waals surface area contributed by atoms with Crippen LogP contribution in [0.25, 0.3) is 27.8 Å². The molecule has 10 nitrogen and oxygen atoms in total. The Morgan fingerprint density at radius 2 is 1.76 bits per heavy atom. The Bertz CT molecular complexity index is 1860. The highest BCUT2D eigenvalue weighted by atomic mass is 16.3. The third-order valence-electron chi connectivity index (χ3n) is 5.96. The smallest absolute Gasteiger partial charge is 0.259 e. The number of aromatic amines is 1. The van der Waals surface area contributed by atoms with Gasteiger partial charge in [-0.1, -0.05) is 54.6 Å². The van der Waals surface area contributed by atoms with Crippen LogP contribution in [0.4, 0.5) is 17.2 Å². The number of benzene rings is 4. The lowest BCUT2D eigenvalue weighted by atomic mass is 10.0. The summed E-state index contributed by atoms with van der Waals surface area (Å²) in [6.45, 7) is 0. The van der Waals surface area contributed by atoms with Gasteiger partial charge in [0.1, 0.15) is 17.3 Å². The number of carbonyl (C=O) groups excluding carboxylic acids is 1. The molecule has 3 N–H and O–H groups in total. The number of nitrogens with zero attached hydrogens (tertiary/aromatic N) is 6. The Kier molecular flexibility index (Phi) is 5.56. The van der Waals surface area contributed by atoms with Gasteiger partial charge in [-0.3, -0.25) is 4.79 Å². The lowest BCUT2D eigenvalue weighted by molar-refractivity contribution is 0.102. The Hall–Kier alpha value is -5.82. The van der Waals surface area contributed by atoms with Crippen LogP contribution < -0.4 is 5.32 Å². The molecule has 38 heavy (non-hydrogen) atoms. The van der Waals surface area contributed by atoms with Crippen LogP contribution in [-0.2, 0) is 0 Å². The minimum absolute atomic E-state index is 0.0350. The van der Waals surface area contributed by atoms with E-state index in [9.17, 15) is 15.2 Å². The average molecular weight is 499 g/mol. The molecule has 0 saturated carbocycles. The number of nitriles is 1. The number of aromatic nitrogens is 4. The molecule has 6 rings (SSSR count). The van der Waals surface area contributed by atoms with Gasteiger partial charge in [0.2, 0.25) is 5.95 Å². The van der Waals surface area contributed by atoms with Gasteiger partial charge in [-0.2, -0.15) is 15.0 Å². The number of rotatable bonds is 5. The highest BCUT2D eigenvalue weighted by Crippen LogP contribution is 2.40. The minimum Gasteiger partial charge on any atom is -0.505 e. The molecule has 0 unspecified atom stereocenters. The topological polar surface area (TPSA) is 144 Å². The zero-order valence-electron chi connectivity index (χ0n) is 19.7. The molecule has 0 radical (unpaired) electrons. The molecule has 182 valence electrons. The van der Waals surface area contributed by atoms with Gasteiger partial charge in [0.25, 0.3) is 5.91 Å². The number of H-pyrrole nitrogens is 1. The minimum atomic E-state index is -0.499. The predicted molar refractivity (Wildman–Crippen MR) is 142 cm³/mol. The van der Waals surface area contributed by atoms with Crippen molar-refractivity contribution < 1.29 is 9.90 Å². The van der Waals surface area contributed by atoms with Crippen molar-refractivity contribution in [1.82, 2.24) is 19.7 Å². The first-order valence-electron chi connectivity index (χ1n) is 11.6. The predicted octanol–water partition coefficient (Wildman–Crippen LogP) is 6.15. The maximum absolute atomic E-state index is 13.1. The lowest BCUT2D eigenvalue weighted by Crippen LogP contribution is -2.12. The first-order valence-corrected chi connectivity index (χ1v) is 11.6. The highest BCUT2D eigenvalue weighted by molar-refractivity contribution is 6.11. The van der Waals surface area contributed by atoms with Crippen LogP contribution in [0.5, 0.6) is 5.75 Å². The summed E-state index contributed by atoms with van der Waals surface area (Å²) in [4.78, 5) is 20.8. The van der Waals surface area contributed by atoms with Crippen molar-refractivity contribution >= 4 is 44.9 Å². The van der Waals surface area contributed by atoms with Gasteiger partial charge in [-0.25, -0.2) is 4.98 Å². The highest BCUT2D eigenvalue weighted by Gasteiger charge is 2.20. The van der Waals surface area contributed by atoms with Crippen LogP contribution in [0.2, 0.25) is 0 Å². The third kappa shape index (κ3) is 4.00. The van der Waals surface area contributed by atoms with E-state index in [-0.39, 0.29) is 28.4 Å². The van der Waals surface area contributed by atoms with Crippen LogP contribution in [0, 0.1) is 11.3 Å². The summed E-state index contributed by atoms with van der Waals surface area (Å²) in [7, 11) is 0. The molecule has 0 aliphatic heterocycles. The Labute approximate surface area is 215 Å². The van der Waals surface area contributed by atoms with Gasteiger partial charge < -0.3 is 15.4 Å². The number of fused-ring (bicyclic) bond motifs is 2. The number of nitrogens with one attached hydrogen (secondary N) is 2. The van der Waals surface area contributed by atoms with Crippen LogP contribution in [0.1, 0.15) is 15.9 Å². The maximum Gasteiger partial charge on any atom is 0.259 e. The molecule has 0 aliphatic rings. The number of aromatic hydroxyl groups is 1. The monoisotopic (exact) mass is 498 g/mol. The van der Waals surface area contributed by atoms with E-state index in [1.54, 1.807) is 42.5 Å². The summed E-state index contributed by atoms with van der Waals surface area (Å²) >= 11 is 0. The van der Waals surface area contributed by atoms with E-state index >= 15 is 0 Å². The number of para-hydroxylation sites is 3. The van der Waals surface area contributed by atoms with Crippen molar-refractivity contribution in [1.29, 1.82) is 5.26 Å². The van der Waals surface area contributed by atoms with E-state index in [0.717, 1.165) is 11.0 Å². The quantitative estimate of drug-likeness (QED) is 0.244. The van der Waals surface area contributed by atoms with Crippen molar-refractivity contribution in [3.05, 3.63) is 102 Å². The summed E-state index contributed by atoms with van der Waals surface area (Å²) in [6, 6.07) is 27.3. The SMILES string of the molecule is N#Cc1cnn(-c2nc3ccccc3[nH]2)c1/N=N/c1c(O)c(C(=O)Nc2ccccc2)cc2ccccc12. The van der Waals surface area contributed by atoms with Gasteiger partial charge in [0.05, 0.1) is 22.8 Å². The van der Waals surface area contributed by atoms with Gasteiger partial charge in [0.15, 0.2) is 11.6 Å². The fourth-order valence-corrected chi connectivity index (χ4v) is 4.12. The Morgan fingerprint density at radius 1 is 1.00 bits per heavy atom. The second kappa shape index (κ2) is 9.33. The summed E-state index contributed by atoms with van der Waals surface area (Å²) < 4.78 is 1.37.